The maximum atomic E-state index is 5.39. The molecule has 0 aliphatic rings. The molecule has 0 spiro atoms. The average molecular weight is 144 g/mol. The van der Waals surface area contributed by atoms with E-state index in [0.29, 0.717) is 0 Å². The van der Waals surface area contributed by atoms with Crippen LogP contribution in [-0.2, 0) is 4.84 Å². The zero-order valence-corrected chi connectivity index (χ0v) is 7.09. The number of hydrogen-bond acceptors (Lipinski definition) is 3. The molecular weight excluding hydrogens is 128 g/mol. The molecule has 0 saturated heterocycles. The third kappa shape index (κ3) is 7.43. The molecule has 0 amide bonds. The van der Waals surface area contributed by atoms with Gasteiger partial charge in [-0.3, -0.25) is 0 Å². The molecule has 0 aliphatic carbocycles. The Bertz CT molecular complexity index is 113. The van der Waals surface area contributed by atoms with Crippen LogP contribution in [-0.4, -0.2) is 17.9 Å². The first-order chi connectivity index (χ1) is 4.42. The molecule has 0 heterocycles. The molecule has 0 bridgehead atoms. The molecular formula is C7H16N2O. The number of hydrogen-bond donors (Lipinski definition) is 1. The van der Waals surface area contributed by atoms with E-state index in [9.17, 15) is 0 Å². The van der Waals surface area contributed by atoms with Gasteiger partial charge in [-0.15, -0.1) is 0 Å². The number of oxime groups is 1. The Morgan fingerprint density at radius 2 is 2.00 bits per heavy atom. The van der Waals surface area contributed by atoms with Gasteiger partial charge in [0.1, 0.15) is 5.60 Å². The molecule has 0 radical (unpaired) electrons. The zero-order valence-electron chi connectivity index (χ0n) is 7.09. The fraction of sp³-hybridized carbons (Fsp3) is 0.857. The van der Waals surface area contributed by atoms with Crippen molar-refractivity contribution in [2.75, 3.05) is 0 Å². The van der Waals surface area contributed by atoms with E-state index in [4.69, 9.17) is 10.6 Å². The summed E-state index contributed by atoms with van der Waals surface area (Å²) in [5, 5.41) is 3.69. The van der Waals surface area contributed by atoms with E-state index in [2.05, 4.69) is 5.16 Å². The quantitative estimate of drug-likeness (QED) is 0.466. The van der Waals surface area contributed by atoms with Crippen molar-refractivity contribution in [1.29, 1.82) is 0 Å². The van der Waals surface area contributed by atoms with Gasteiger partial charge in [0, 0.05) is 6.04 Å². The second-order valence-corrected chi connectivity index (χ2v) is 3.32. The highest BCUT2D eigenvalue weighted by Crippen LogP contribution is 2.05. The molecule has 1 atom stereocenters. The molecule has 10 heavy (non-hydrogen) atoms. The summed E-state index contributed by atoms with van der Waals surface area (Å²) in [7, 11) is 0. The van der Waals surface area contributed by atoms with Gasteiger partial charge in [-0.25, -0.2) is 0 Å². The topological polar surface area (TPSA) is 47.6 Å². The SMILES string of the molecule is CC(N)/C=N/OC(C)(C)C. The molecule has 60 valence electrons. The van der Waals surface area contributed by atoms with Crippen molar-refractivity contribution in [3.63, 3.8) is 0 Å². The summed E-state index contributed by atoms with van der Waals surface area (Å²) >= 11 is 0. The summed E-state index contributed by atoms with van der Waals surface area (Å²) in [6, 6.07) is -0.0395. The Morgan fingerprint density at radius 3 is 2.30 bits per heavy atom. The third-order valence-corrected chi connectivity index (χ3v) is 0.623. The van der Waals surface area contributed by atoms with Crippen LogP contribution in [0.5, 0.6) is 0 Å². The van der Waals surface area contributed by atoms with Crippen LogP contribution < -0.4 is 5.73 Å². The molecule has 3 heteroatoms. The molecule has 0 aromatic heterocycles. The van der Waals surface area contributed by atoms with Gasteiger partial charge in [0.05, 0.1) is 6.21 Å². The highest BCUT2D eigenvalue weighted by atomic mass is 16.6. The predicted octanol–water partition coefficient (Wildman–Crippen LogP) is 1.13. The number of nitrogens with zero attached hydrogens (tertiary/aromatic N) is 1. The van der Waals surface area contributed by atoms with Crippen LogP contribution in [0.25, 0.3) is 0 Å². The van der Waals surface area contributed by atoms with Crippen LogP contribution >= 0.6 is 0 Å². The van der Waals surface area contributed by atoms with E-state index >= 15 is 0 Å². The van der Waals surface area contributed by atoms with Gasteiger partial charge in [-0.2, -0.15) is 0 Å². The molecule has 1 unspecified atom stereocenters. The largest absolute Gasteiger partial charge is 0.390 e. The van der Waals surface area contributed by atoms with Crippen LogP contribution in [0.4, 0.5) is 0 Å². The molecule has 2 N–H and O–H groups in total. The summed E-state index contributed by atoms with van der Waals surface area (Å²) in [5.74, 6) is 0. The fourth-order valence-corrected chi connectivity index (χ4v) is 0.285. The van der Waals surface area contributed by atoms with Gasteiger partial charge in [0.25, 0.3) is 0 Å². The van der Waals surface area contributed by atoms with Crippen LogP contribution in [0.3, 0.4) is 0 Å². The van der Waals surface area contributed by atoms with Gasteiger partial charge in [0.15, 0.2) is 0 Å². The van der Waals surface area contributed by atoms with E-state index in [1.165, 1.54) is 0 Å². The first kappa shape index (κ1) is 9.43. The van der Waals surface area contributed by atoms with Crippen LogP contribution in [0.1, 0.15) is 27.7 Å². The Morgan fingerprint density at radius 1 is 1.50 bits per heavy atom. The molecule has 0 aromatic carbocycles. The monoisotopic (exact) mass is 144 g/mol. The maximum absolute atomic E-state index is 5.39. The summed E-state index contributed by atoms with van der Waals surface area (Å²) in [4.78, 5) is 5.03. The number of rotatable bonds is 2. The Balaban J connectivity index is 3.54. The van der Waals surface area contributed by atoms with Gasteiger partial charge in [0.2, 0.25) is 0 Å². The van der Waals surface area contributed by atoms with E-state index in [1.807, 2.05) is 27.7 Å². The van der Waals surface area contributed by atoms with Crippen molar-refractivity contribution in [3.05, 3.63) is 0 Å². The van der Waals surface area contributed by atoms with Gasteiger partial charge in [-0.1, -0.05) is 5.16 Å². The lowest BCUT2D eigenvalue weighted by atomic mass is 10.2. The predicted molar refractivity (Wildman–Crippen MR) is 43.0 cm³/mol. The first-order valence-corrected chi connectivity index (χ1v) is 3.39. The Hall–Kier alpha value is -0.570. The minimum atomic E-state index is -0.217. The van der Waals surface area contributed by atoms with Crippen molar-refractivity contribution >= 4 is 6.21 Å². The van der Waals surface area contributed by atoms with Gasteiger partial charge >= 0.3 is 0 Å². The molecule has 3 nitrogen and oxygen atoms in total. The minimum absolute atomic E-state index is 0.0395. The molecule has 0 aliphatic heterocycles. The highest BCUT2D eigenvalue weighted by Gasteiger charge is 2.08. The minimum Gasteiger partial charge on any atom is -0.390 e. The Kier molecular flexibility index (Phi) is 3.36. The highest BCUT2D eigenvalue weighted by molar-refractivity contribution is 5.62. The fourth-order valence-electron chi connectivity index (χ4n) is 0.285. The molecule has 0 rings (SSSR count). The third-order valence-electron chi connectivity index (χ3n) is 0.623. The van der Waals surface area contributed by atoms with E-state index in [1.54, 1.807) is 6.21 Å². The van der Waals surface area contributed by atoms with Crippen molar-refractivity contribution in [3.8, 4) is 0 Å². The van der Waals surface area contributed by atoms with Crippen LogP contribution in [0.2, 0.25) is 0 Å². The van der Waals surface area contributed by atoms with Crippen molar-refractivity contribution in [2.45, 2.75) is 39.3 Å². The standard InChI is InChI=1S/C7H16N2O/c1-6(8)5-9-10-7(2,3)4/h5-6H,8H2,1-4H3/b9-5+. The second-order valence-electron chi connectivity index (χ2n) is 3.32. The van der Waals surface area contributed by atoms with Gasteiger partial charge in [-0.05, 0) is 27.7 Å². The van der Waals surface area contributed by atoms with Gasteiger partial charge < -0.3 is 10.6 Å². The average Bonchev–Trinajstić information content (AvgIpc) is 1.59. The van der Waals surface area contributed by atoms with Crippen LogP contribution in [0, 0.1) is 0 Å². The summed E-state index contributed by atoms with van der Waals surface area (Å²) in [6.07, 6.45) is 1.57. The van der Waals surface area contributed by atoms with Crippen molar-refractivity contribution < 1.29 is 4.84 Å². The summed E-state index contributed by atoms with van der Waals surface area (Å²) < 4.78 is 0. The van der Waals surface area contributed by atoms with E-state index in [0.717, 1.165) is 0 Å². The second kappa shape index (κ2) is 3.56. The molecule has 0 saturated carbocycles. The first-order valence-electron chi connectivity index (χ1n) is 3.39. The van der Waals surface area contributed by atoms with Crippen molar-refractivity contribution in [1.82, 2.24) is 0 Å². The maximum Gasteiger partial charge on any atom is 0.129 e. The van der Waals surface area contributed by atoms with Crippen LogP contribution in [0.15, 0.2) is 5.16 Å². The molecule has 0 fully saturated rings. The lowest BCUT2D eigenvalue weighted by Gasteiger charge is -2.14. The number of nitrogens with two attached hydrogens (primary N) is 1. The lowest BCUT2D eigenvalue weighted by Crippen LogP contribution is -2.19. The van der Waals surface area contributed by atoms with Crippen molar-refractivity contribution in [2.24, 2.45) is 10.9 Å². The molecule has 0 aromatic rings. The summed E-state index contributed by atoms with van der Waals surface area (Å²) in [5.41, 5.74) is 5.18. The smallest absolute Gasteiger partial charge is 0.129 e. The van der Waals surface area contributed by atoms with E-state index in [-0.39, 0.29) is 11.6 Å². The zero-order chi connectivity index (χ0) is 8.20. The summed E-state index contributed by atoms with van der Waals surface area (Å²) in [6.45, 7) is 7.65. The normalized spacial score (nSPS) is 15.7. The lowest BCUT2D eigenvalue weighted by molar-refractivity contribution is 0.00150. The Labute approximate surface area is 62.2 Å². The van der Waals surface area contributed by atoms with E-state index < -0.39 is 0 Å².